The van der Waals surface area contributed by atoms with Crippen molar-refractivity contribution in [1.29, 1.82) is 5.26 Å². The third-order valence-corrected chi connectivity index (χ3v) is 7.81. The second-order valence-electron chi connectivity index (χ2n) is 10.8. The number of hydrogen-bond donors (Lipinski definition) is 3. The molecule has 0 bridgehead atoms. The Kier molecular flexibility index (Phi) is 9.35. The Bertz CT molecular complexity index is 2000. The van der Waals surface area contributed by atoms with Gasteiger partial charge in [-0.25, -0.2) is 9.97 Å². The summed E-state index contributed by atoms with van der Waals surface area (Å²) in [5.41, 5.74) is 4.14. The van der Waals surface area contributed by atoms with Gasteiger partial charge in [0, 0.05) is 23.7 Å². The minimum Gasteiger partial charge on any atom is -0.488 e. The van der Waals surface area contributed by atoms with Crippen LogP contribution in [-0.4, -0.2) is 51.5 Å². The fourth-order valence-electron chi connectivity index (χ4n) is 5.20. The number of carboxylic acid groups (broad SMARTS) is 1. The summed E-state index contributed by atoms with van der Waals surface area (Å²) >= 11 is 6.71. The van der Waals surface area contributed by atoms with Gasteiger partial charge in [0.05, 0.1) is 33.7 Å². The summed E-state index contributed by atoms with van der Waals surface area (Å²) in [6, 6.07) is 22.5. The first-order valence-corrected chi connectivity index (χ1v) is 15.1. The van der Waals surface area contributed by atoms with Crippen LogP contribution < -0.4 is 24.3 Å². The van der Waals surface area contributed by atoms with Crippen molar-refractivity contribution in [3.63, 3.8) is 0 Å². The lowest BCUT2D eigenvalue weighted by Crippen LogP contribution is -2.44. The number of halogens is 1. The van der Waals surface area contributed by atoms with Crippen molar-refractivity contribution < 1.29 is 34.0 Å². The zero-order valence-corrected chi connectivity index (χ0v) is 25.9. The first kappa shape index (κ1) is 31.6. The van der Waals surface area contributed by atoms with E-state index in [9.17, 15) is 20.3 Å². The van der Waals surface area contributed by atoms with Gasteiger partial charge in [-0.3, -0.25) is 10.1 Å². The Balaban J connectivity index is 1.33. The number of aliphatic carboxylic acids is 1. The van der Waals surface area contributed by atoms with E-state index in [-0.39, 0.29) is 29.8 Å². The molecule has 238 valence electrons. The van der Waals surface area contributed by atoms with Gasteiger partial charge in [0.1, 0.15) is 37.9 Å². The number of aliphatic hydroxyl groups excluding tert-OH is 1. The SMILES string of the molecule is C[C@@H](O)[C@@H](NCc1cc(Cl)c(Oc2ncnc3c(-c4ccc5c(c4)OCCO5)cccc23)cc1OCc1cccc(C#N)c1)C(=O)O. The number of aromatic nitrogens is 2. The molecule has 0 saturated carbocycles. The first-order valence-electron chi connectivity index (χ1n) is 14.7. The summed E-state index contributed by atoms with van der Waals surface area (Å²) in [5.74, 6) is 0.999. The van der Waals surface area contributed by atoms with Gasteiger partial charge in [0.15, 0.2) is 17.2 Å². The number of nitrogens with zero attached hydrogens (tertiary/aromatic N) is 3. The molecule has 0 radical (unpaired) electrons. The van der Waals surface area contributed by atoms with Crippen molar-refractivity contribution in [2.75, 3.05) is 13.2 Å². The van der Waals surface area contributed by atoms with Gasteiger partial charge in [-0.05, 0) is 54.4 Å². The van der Waals surface area contributed by atoms with E-state index in [1.807, 2.05) is 42.5 Å². The summed E-state index contributed by atoms with van der Waals surface area (Å²) in [5, 5.41) is 32.5. The normalized spacial score (nSPS) is 13.4. The van der Waals surface area contributed by atoms with Gasteiger partial charge in [-0.15, -0.1) is 0 Å². The van der Waals surface area contributed by atoms with Crippen LogP contribution in [-0.2, 0) is 17.9 Å². The van der Waals surface area contributed by atoms with Gasteiger partial charge >= 0.3 is 5.97 Å². The van der Waals surface area contributed by atoms with Crippen LogP contribution in [0, 0.1) is 11.3 Å². The molecule has 4 aromatic carbocycles. The van der Waals surface area contributed by atoms with Gasteiger partial charge in [0.25, 0.3) is 0 Å². The third kappa shape index (κ3) is 7.05. The number of aliphatic hydroxyl groups is 1. The van der Waals surface area contributed by atoms with Crippen molar-refractivity contribution in [2.45, 2.75) is 32.2 Å². The fraction of sp³-hybridized carbons (Fsp3) is 0.200. The number of benzene rings is 4. The molecule has 0 aliphatic carbocycles. The Morgan fingerprint density at radius 2 is 1.85 bits per heavy atom. The molecular weight excluding hydrogens is 624 g/mol. The highest BCUT2D eigenvalue weighted by atomic mass is 35.5. The molecule has 0 amide bonds. The van der Waals surface area contributed by atoms with Crippen molar-refractivity contribution >= 4 is 28.5 Å². The molecule has 2 atom stereocenters. The van der Waals surface area contributed by atoms with E-state index in [4.69, 9.17) is 30.5 Å². The second kappa shape index (κ2) is 13.9. The molecule has 6 rings (SSSR count). The summed E-state index contributed by atoms with van der Waals surface area (Å²) in [6.07, 6.45) is 0.259. The number of rotatable bonds is 11. The molecule has 0 unspecified atom stereocenters. The number of carboxylic acids is 1. The maximum Gasteiger partial charge on any atom is 0.323 e. The van der Waals surface area contributed by atoms with E-state index in [0.29, 0.717) is 52.5 Å². The van der Waals surface area contributed by atoms with Crippen LogP contribution in [0.2, 0.25) is 5.02 Å². The van der Waals surface area contributed by atoms with E-state index < -0.39 is 18.1 Å². The average molecular weight is 653 g/mol. The highest BCUT2D eigenvalue weighted by Gasteiger charge is 2.24. The van der Waals surface area contributed by atoms with Crippen molar-refractivity contribution in [3.8, 4) is 46.1 Å². The molecule has 2 heterocycles. The zero-order chi connectivity index (χ0) is 32.9. The van der Waals surface area contributed by atoms with Crippen LogP contribution in [0.5, 0.6) is 28.9 Å². The average Bonchev–Trinajstić information content (AvgIpc) is 3.08. The van der Waals surface area contributed by atoms with E-state index in [1.54, 1.807) is 30.3 Å². The minimum absolute atomic E-state index is 0.0186. The molecule has 5 aromatic rings. The first-order chi connectivity index (χ1) is 22.8. The number of ether oxygens (including phenoxy) is 4. The molecule has 3 N–H and O–H groups in total. The molecule has 1 aromatic heterocycles. The van der Waals surface area contributed by atoms with Crippen LogP contribution in [0.3, 0.4) is 0 Å². The number of nitrogens with one attached hydrogen (secondary N) is 1. The Hall–Kier alpha value is -5.41. The predicted octanol–water partition coefficient (Wildman–Crippen LogP) is 5.89. The lowest BCUT2D eigenvalue weighted by Gasteiger charge is -2.20. The minimum atomic E-state index is -1.22. The number of fused-ring (bicyclic) bond motifs is 2. The molecule has 0 spiro atoms. The summed E-state index contributed by atoms with van der Waals surface area (Å²) < 4.78 is 23.9. The van der Waals surface area contributed by atoms with Crippen LogP contribution in [0.25, 0.3) is 22.0 Å². The monoisotopic (exact) mass is 652 g/mol. The third-order valence-electron chi connectivity index (χ3n) is 7.51. The molecule has 0 saturated heterocycles. The largest absolute Gasteiger partial charge is 0.488 e. The molecule has 11 nitrogen and oxygen atoms in total. The standard InChI is InChI=1S/C35H29ClN4O7/c1-20(41)32(35(42)43)38-17-24-13-27(36)30(15-29(24)46-18-22-5-2-4-21(12-22)16-37)47-34-26-7-3-6-25(33(26)39-19-40-34)23-8-9-28-31(14-23)45-11-10-44-28/h2-9,12-15,19-20,32,38,41H,10-11,17-18H2,1H3,(H,42,43)/t20-,32-/m1/s1. The maximum atomic E-state index is 11.7. The quantitative estimate of drug-likeness (QED) is 0.156. The summed E-state index contributed by atoms with van der Waals surface area (Å²) in [7, 11) is 0. The number of carbonyl (C=O) groups is 1. The molecule has 1 aliphatic heterocycles. The van der Waals surface area contributed by atoms with E-state index in [2.05, 4.69) is 21.4 Å². The van der Waals surface area contributed by atoms with Crippen LogP contribution in [0.1, 0.15) is 23.6 Å². The molecule has 1 aliphatic rings. The van der Waals surface area contributed by atoms with Crippen LogP contribution in [0.15, 0.2) is 79.1 Å². The van der Waals surface area contributed by atoms with E-state index in [0.717, 1.165) is 16.7 Å². The molecule has 47 heavy (non-hydrogen) atoms. The Morgan fingerprint density at radius 3 is 2.64 bits per heavy atom. The molecular formula is C35H29ClN4O7. The van der Waals surface area contributed by atoms with Gasteiger partial charge in [-0.2, -0.15) is 5.26 Å². The fourth-order valence-corrected chi connectivity index (χ4v) is 5.42. The maximum absolute atomic E-state index is 11.7. The van der Waals surface area contributed by atoms with E-state index in [1.165, 1.54) is 13.3 Å². The molecule has 12 heteroatoms. The van der Waals surface area contributed by atoms with Gasteiger partial charge in [0.2, 0.25) is 5.88 Å². The Labute approximate surface area is 274 Å². The lowest BCUT2D eigenvalue weighted by molar-refractivity contribution is -0.142. The summed E-state index contributed by atoms with van der Waals surface area (Å²) in [4.78, 5) is 20.6. The highest BCUT2D eigenvalue weighted by molar-refractivity contribution is 6.32. The van der Waals surface area contributed by atoms with Crippen LogP contribution >= 0.6 is 11.6 Å². The number of para-hydroxylation sites is 1. The Morgan fingerprint density at radius 1 is 1.04 bits per heavy atom. The van der Waals surface area contributed by atoms with Crippen molar-refractivity contribution in [2.24, 2.45) is 0 Å². The number of hydrogen-bond acceptors (Lipinski definition) is 10. The van der Waals surface area contributed by atoms with Gasteiger partial charge in [-0.1, -0.05) is 41.9 Å². The summed E-state index contributed by atoms with van der Waals surface area (Å²) in [6.45, 7) is 2.49. The highest BCUT2D eigenvalue weighted by Crippen LogP contribution is 2.40. The van der Waals surface area contributed by atoms with Crippen LogP contribution in [0.4, 0.5) is 0 Å². The topological polar surface area (TPSA) is 156 Å². The van der Waals surface area contributed by atoms with E-state index >= 15 is 0 Å². The lowest BCUT2D eigenvalue weighted by atomic mass is 10.0. The number of nitriles is 1. The van der Waals surface area contributed by atoms with Crippen molar-refractivity contribution in [1.82, 2.24) is 15.3 Å². The van der Waals surface area contributed by atoms with Gasteiger partial charge < -0.3 is 29.2 Å². The zero-order valence-electron chi connectivity index (χ0n) is 25.1. The second-order valence-corrected chi connectivity index (χ2v) is 11.2. The molecule has 0 fully saturated rings. The smallest absolute Gasteiger partial charge is 0.323 e. The van der Waals surface area contributed by atoms with Crippen molar-refractivity contribution in [3.05, 3.63) is 101 Å². The predicted molar refractivity (Wildman–Crippen MR) is 173 cm³/mol.